The molecule has 0 heterocycles. The molecule has 0 bridgehead atoms. The molecule has 0 aliphatic heterocycles. The molecule has 0 atom stereocenters. The van der Waals surface area contributed by atoms with Crippen molar-refractivity contribution in [2.45, 2.75) is 13.1 Å². The number of benzene rings is 2. The average Bonchev–Trinajstić information content (AvgIpc) is 2.43. The average molecular weight is 280 g/mol. The molecule has 1 N–H and O–H groups in total. The minimum absolute atomic E-state index is 0.253. The number of ether oxygens (including phenoxy) is 1. The van der Waals surface area contributed by atoms with Gasteiger partial charge in [-0.15, -0.1) is 0 Å². The zero-order chi connectivity index (χ0) is 13.7. The maximum Gasteiger partial charge on any atom is 0.127 e. The summed E-state index contributed by atoms with van der Waals surface area (Å²) in [6.07, 6.45) is 0. The molecule has 0 fully saturated rings. The molecule has 0 saturated carbocycles. The van der Waals surface area contributed by atoms with Crippen LogP contribution in [0.5, 0.6) is 5.75 Å². The highest BCUT2D eigenvalue weighted by molar-refractivity contribution is 6.30. The van der Waals surface area contributed by atoms with Crippen LogP contribution in [0, 0.1) is 5.82 Å². The van der Waals surface area contributed by atoms with Crippen LogP contribution in [0.3, 0.4) is 0 Å². The van der Waals surface area contributed by atoms with Gasteiger partial charge in [0.1, 0.15) is 11.6 Å². The Kier molecular flexibility index (Phi) is 4.77. The van der Waals surface area contributed by atoms with Gasteiger partial charge in [-0.2, -0.15) is 0 Å². The van der Waals surface area contributed by atoms with E-state index >= 15 is 0 Å². The van der Waals surface area contributed by atoms with Crippen molar-refractivity contribution in [3.63, 3.8) is 0 Å². The van der Waals surface area contributed by atoms with Crippen molar-refractivity contribution in [1.82, 2.24) is 5.32 Å². The number of hydrogen-bond donors (Lipinski definition) is 1. The van der Waals surface area contributed by atoms with Crippen LogP contribution in [0.25, 0.3) is 0 Å². The van der Waals surface area contributed by atoms with Gasteiger partial charge in [0.05, 0.1) is 7.11 Å². The molecule has 0 unspecified atom stereocenters. The molecule has 2 nitrogen and oxygen atoms in total. The second-order valence-corrected chi connectivity index (χ2v) is 4.59. The third-order valence-corrected chi connectivity index (χ3v) is 3.07. The molecule has 0 saturated heterocycles. The molecule has 4 heteroatoms. The van der Waals surface area contributed by atoms with Crippen LogP contribution in [0.2, 0.25) is 5.02 Å². The van der Waals surface area contributed by atoms with Crippen molar-refractivity contribution in [3.8, 4) is 5.75 Å². The number of nitrogens with one attached hydrogen (secondary N) is 1. The maximum absolute atomic E-state index is 13.5. The smallest absolute Gasteiger partial charge is 0.127 e. The number of para-hydroxylation sites is 1. The van der Waals surface area contributed by atoms with E-state index in [0.717, 1.165) is 11.3 Å². The van der Waals surface area contributed by atoms with Crippen LogP contribution in [0.15, 0.2) is 42.5 Å². The minimum Gasteiger partial charge on any atom is -0.496 e. The summed E-state index contributed by atoms with van der Waals surface area (Å²) in [7, 11) is 1.63. The predicted molar refractivity (Wildman–Crippen MR) is 74.9 cm³/mol. The summed E-state index contributed by atoms with van der Waals surface area (Å²) in [6.45, 7) is 1.03. The topological polar surface area (TPSA) is 21.3 Å². The van der Waals surface area contributed by atoms with E-state index in [1.54, 1.807) is 19.2 Å². The van der Waals surface area contributed by atoms with Crippen molar-refractivity contribution in [1.29, 1.82) is 0 Å². The molecular formula is C15H15ClFNO. The molecule has 2 rings (SSSR count). The van der Waals surface area contributed by atoms with Gasteiger partial charge in [-0.25, -0.2) is 4.39 Å². The van der Waals surface area contributed by atoms with E-state index in [4.69, 9.17) is 16.3 Å². The highest BCUT2D eigenvalue weighted by atomic mass is 35.5. The summed E-state index contributed by atoms with van der Waals surface area (Å²) in [6, 6.07) is 12.3. The van der Waals surface area contributed by atoms with Gasteiger partial charge in [-0.05, 0) is 24.3 Å². The highest BCUT2D eigenvalue weighted by Gasteiger charge is 2.04. The maximum atomic E-state index is 13.5. The van der Waals surface area contributed by atoms with Crippen LogP contribution in [-0.2, 0) is 13.1 Å². The second kappa shape index (κ2) is 6.55. The SMILES string of the molecule is COc1ccccc1CNCc1cc(Cl)ccc1F. The largest absolute Gasteiger partial charge is 0.496 e. The molecule has 100 valence electrons. The van der Waals surface area contributed by atoms with Crippen LogP contribution >= 0.6 is 11.6 Å². The van der Waals surface area contributed by atoms with Crippen LogP contribution in [0.4, 0.5) is 4.39 Å². The Bertz CT molecular complexity index is 560. The first-order valence-electron chi connectivity index (χ1n) is 5.97. The zero-order valence-corrected chi connectivity index (χ0v) is 11.4. The summed E-state index contributed by atoms with van der Waals surface area (Å²) >= 11 is 5.85. The van der Waals surface area contributed by atoms with Crippen molar-refractivity contribution in [3.05, 3.63) is 64.4 Å². The van der Waals surface area contributed by atoms with E-state index < -0.39 is 0 Å². The number of halogens is 2. The van der Waals surface area contributed by atoms with E-state index in [2.05, 4.69) is 5.32 Å². The Hall–Kier alpha value is -1.58. The Morgan fingerprint density at radius 2 is 1.84 bits per heavy atom. The molecule has 0 radical (unpaired) electrons. The molecule has 0 amide bonds. The lowest BCUT2D eigenvalue weighted by Gasteiger charge is -2.10. The summed E-state index contributed by atoms with van der Waals surface area (Å²) in [5.41, 5.74) is 1.59. The van der Waals surface area contributed by atoms with E-state index in [1.807, 2.05) is 24.3 Å². The van der Waals surface area contributed by atoms with E-state index in [1.165, 1.54) is 6.07 Å². The highest BCUT2D eigenvalue weighted by Crippen LogP contribution is 2.18. The Morgan fingerprint density at radius 3 is 2.63 bits per heavy atom. The first-order chi connectivity index (χ1) is 9.20. The first-order valence-corrected chi connectivity index (χ1v) is 6.35. The van der Waals surface area contributed by atoms with Gasteiger partial charge in [-0.3, -0.25) is 0 Å². The third-order valence-electron chi connectivity index (χ3n) is 2.83. The van der Waals surface area contributed by atoms with E-state index in [0.29, 0.717) is 23.7 Å². The van der Waals surface area contributed by atoms with Gasteiger partial charge in [0.2, 0.25) is 0 Å². The third kappa shape index (κ3) is 3.69. The van der Waals surface area contributed by atoms with Gasteiger partial charge < -0.3 is 10.1 Å². The quantitative estimate of drug-likeness (QED) is 0.899. The van der Waals surface area contributed by atoms with Gasteiger partial charge in [0.15, 0.2) is 0 Å². The molecule has 2 aromatic carbocycles. The molecule has 2 aromatic rings. The van der Waals surface area contributed by atoms with Crippen molar-refractivity contribution >= 4 is 11.6 Å². The van der Waals surface area contributed by atoms with Gasteiger partial charge in [-0.1, -0.05) is 29.8 Å². The van der Waals surface area contributed by atoms with Crippen LogP contribution in [0.1, 0.15) is 11.1 Å². The van der Waals surface area contributed by atoms with Gasteiger partial charge in [0.25, 0.3) is 0 Å². The van der Waals surface area contributed by atoms with Gasteiger partial charge in [0, 0.05) is 29.2 Å². The summed E-state index contributed by atoms with van der Waals surface area (Å²) < 4.78 is 18.8. The summed E-state index contributed by atoms with van der Waals surface area (Å²) in [5.74, 6) is 0.568. The van der Waals surface area contributed by atoms with E-state index in [9.17, 15) is 4.39 Å². The Balaban J connectivity index is 1.98. The number of rotatable bonds is 5. The van der Waals surface area contributed by atoms with Crippen molar-refractivity contribution < 1.29 is 9.13 Å². The van der Waals surface area contributed by atoms with Crippen molar-refractivity contribution in [2.24, 2.45) is 0 Å². The first kappa shape index (κ1) is 13.8. The number of methoxy groups -OCH3 is 1. The van der Waals surface area contributed by atoms with Crippen molar-refractivity contribution in [2.75, 3.05) is 7.11 Å². The zero-order valence-electron chi connectivity index (χ0n) is 10.6. The van der Waals surface area contributed by atoms with Crippen LogP contribution < -0.4 is 10.1 Å². The normalized spacial score (nSPS) is 10.5. The fourth-order valence-corrected chi connectivity index (χ4v) is 2.05. The van der Waals surface area contributed by atoms with Crippen LogP contribution in [-0.4, -0.2) is 7.11 Å². The predicted octanol–water partition coefficient (Wildman–Crippen LogP) is 3.78. The Morgan fingerprint density at radius 1 is 1.11 bits per heavy atom. The minimum atomic E-state index is -0.253. The molecule has 0 aliphatic carbocycles. The fraction of sp³-hybridized carbons (Fsp3) is 0.200. The molecule has 19 heavy (non-hydrogen) atoms. The summed E-state index contributed by atoms with van der Waals surface area (Å²) in [4.78, 5) is 0. The lowest BCUT2D eigenvalue weighted by Crippen LogP contribution is -2.14. The molecule has 0 spiro atoms. The molecule has 0 aliphatic rings. The fourth-order valence-electron chi connectivity index (χ4n) is 1.86. The number of hydrogen-bond acceptors (Lipinski definition) is 2. The summed E-state index contributed by atoms with van der Waals surface area (Å²) in [5, 5.41) is 3.72. The lowest BCUT2D eigenvalue weighted by atomic mass is 10.2. The Labute approximate surface area is 117 Å². The standard InChI is InChI=1S/C15H15ClFNO/c1-19-15-5-3-2-4-11(15)9-18-10-12-8-13(16)6-7-14(12)17/h2-8,18H,9-10H2,1H3. The molecular weight excluding hydrogens is 265 g/mol. The molecule has 0 aromatic heterocycles. The monoisotopic (exact) mass is 279 g/mol. The van der Waals surface area contributed by atoms with Gasteiger partial charge >= 0.3 is 0 Å². The van der Waals surface area contributed by atoms with E-state index in [-0.39, 0.29) is 5.82 Å². The lowest BCUT2D eigenvalue weighted by molar-refractivity contribution is 0.407. The second-order valence-electron chi connectivity index (χ2n) is 4.15.